The van der Waals surface area contributed by atoms with Gasteiger partial charge < -0.3 is 10.1 Å². The van der Waals surface area contributed by atoms with Gasteiger partial charge in [-0.1, -0.05) is 6.07 Å². The zero-order valence-electron chi connectivity index (χ0n) is 13.0. The number of carbonyl (C=O) groups excluding carboxylic acids is 2. The van der Waals surface area contributed by atoms with Crippen molar-refractivity contribution in [3.8, 4) is 6.07 Å². The SMILES string of the molecule is N#Cc1cccc(NC(=O)COC(=O)c2ccc(SC(F)(F)F)cc2)c1. The van der Waals surface area contributed by atoms with E-state index < -0.39 is 24.0 Å². The minimum atomic E-state index is -4.41. The summed E-state index contributed by atoms with van der Waals surface area (Å²) in [5.74, 6) is -1.45. The minimum Gasteiger partial charge on any atom is -0.452 e. The summed E-state index contributed by atoms with van der Waals surface area (Å²) in [7, 11) is 0. The number of nitriles is 1. The average molecular weight is 380 g/mol. The zero-order chi connectivity index (χ0) is 19.2. The molecule has 0 heterocycles. The number of anilines is 1. The van der Waals surface area contributed by atoms with Gasteiger partial charge in [0.05, 0.1) is 17.2 Å². The van der Waals surface area contributed by atoms with Crippen molar-refractivity contribution in [2.75, 3.05) is 11.9 Å². The Labute approximate surface area is 150 Å². The Morgan fingerprint density at radius 1 is 1.15 bits per heavy atom. The van der Waals surface area contributed by atoms with E-state index >= 15 is 0 Å². The molecule has 0 aliphatic heterocycles. The molecule has 26 heavy (non-hydrogen) atoms. The number of ether oxygens (including phenoxy) is 1. The summed E-state index contributed by atoms with van der Waals surface area (Å²) >= 11 is -0.296. The fourth-order valence-corrected chi connectivity index (χ4v) is 2.41. The molecule has 0 aliphatic rings. The van der Waals surface area contributed by atoms with Gasteiger partial charge in [-0.2, -0.15) is 18.4 Å². The van der Waals surface area contributed by atoms with Crippen molar-refractivity contribution in [3.05, 3.63) is 59.7 Å². The molecular weight excluding hydrogens is 369 g/mol. The van der Waals surface area contributed by atoms with Crippen molar-refractivity contribution >= 4 is 29.3 Å². The van der Waals surface area contributed by atoms with Gasteiger partial charge >= 0.3 is 11.5 Å². The Kier molecular flexibility index (Phi) is 6.25. The van der Waals surface area contributed by atoms with Crippen LogP contribution in [0.15, 0.2) is 53.4 Å². The van der Waals surface area contributed by atoms with Crippen LogP contribution >= 0.6 is 11.8 Å². The molecule has 0 aromatic heterocycles. The highest BCUT2D eigenvalue weighted by molar-refractivity contribution is 8.00. The number of esters is 1. The van der Waals surface area contributed by atoms with Crippen LogP contribution in [0.4, 0.5) is 18.9 Å². The standard InChI is InChI=1S/C17H11F3N2O3S/c18-17(19,20)26-14-6-4-12(5-7-14)16(24)25-10-15(23)22-13-3-1-2-11(8-13)9-21/h1-8H,10H2,(H,22,23). The molecule has 0 saturated carbocycles. The number of halogens is 3. The van der Waals surface area contributed by atoms with Crippen molar-refractivity contribution in [2.24, 2.45) is 0 Å². The molecule has 1 amide bonds. The summed E-state index contributed by atoms with van der Waals surface area (Å²) in [6, 6.07) is 12.7. The molecule has 5 nitrogen and oxygen atoms in total. The first-order chi connectivity index (χ1) is 12.3. The van der Waals surface area contributed by atoms with Crippen molar-refractivity contribution in [1.82, 2.24) is 0 Å². The van der Waals surface area contributed by atoms with Crippen LogP contribution in [-0.2, 0) is 9.53 Å². The second-order valence-electron chi connectivity index (χ2n) is 4.89. The molecule has 0 saturated heterocycles. The second-order valence-corrected chi connectivity index (χ2v) is 6.03. The third-order valence-electron chi connectivity index (χ3n) is 2.93. The van der Waals surface area contributed by atoms with E-state index in [9.17, 15) is 22.8 Å². The second kappa shape index (κ2) is 8.40. The Bertz CT molecular complexity index is 846. The number of amides is 1. The van der Waals surface area contributed by atoms with Crippen LogP contribution in [0.25, 0.3) is 0 Å². The summed E-state index contributed by atoms with van der Waals surface area (Å²) in [5.41, 5.74) is -3.66. The molecule has 2 aromatic rings. The largest absolute Gasteiger partial charge is 0.452 e. The Morgan fingerprint density at radius 2 is 1.85 bits per heavy atom. The number of carbonyl (C=O) groups is 2. The maximum Gasteiger partial charge on any atom is 0.446 e. The van der Waals surface area contributed by atoms with Crippen LogP contribution in [0.5, 0.6) is 0 Å². The molecule has 0 bridgehead atoms. The summed E-state index contributed by atoms with van der Waals surface area (Å²) in [6.45, 7) is -0.575. The summed E-state index contributed by atoms with van der Waals surface area (Å²) in [5, 5.41) is 11.2. The molecule has 0 fully saturated rings. The van der Waals surface area contributed by atoms with Gasteiger partial charge in [0.2, 0.25) is 0 Å². The van der Waals surface area contributed by atoms with Gasteiger partial charge in [0.15, 0.2) is 6.61 Å². The van der Waals surface area contributed by atoms with Crippen LogP contribution < -0.4 is 5.32 Å². The molecule has 0 atom stereocenters. The van der Waals surface area contributed by atoms with Crippen molar-refractivity contribution < 1.29 is 27.5 Å². The van der Waals surface area contributed by atoms with E-state index in [0.717, 1.165) is 12.1 Å². The van der Waals surface area contributed by atoms with Crippen molar-refractivity contribution in [1.29, 1.82) is 5.26 Å². The molecule has 0 aliphatic carbocycles. The minimum absolute atomic E-state index is 0.0239. The maximum atomic E-state index is 12.2. The maximum absolute atomic E-state index is 12.2. The fraction of sp³-hybridized carbons (Fsp3) is 0.118. The summed E-state index contributed by atoms with van der Waals surface area (Å²) in [4.78, 5) is 23.5. The topological polar surface area (TPSA) is 79.2 Å². The van der Waals surface area contributed by atoms with Gasteiger partial charge in [0.1, 0.15) is 0 Å². The number of nitrogens with zero attached hydrogens (tertiary/aromatic N) is 1. The number of thioether (sulfide) groups is 1. The van der Waals surface area contributed by atoms with E-state index in [1.807, 2.05) is 6.07 Å². The van der Waals surface area contributed by atoms with E-state index in [4.69, 9.17) is 10.00 Å². The lowest BCUT2D eigenvalue weighted by Crippen LogP contribution is -2.20. The van der Waals surface area contributed by atoms with Crippen LogP contribution in [0, 0.1) is 11.3 Å². The number of hydrogen-bond donors (Lipinski definition) is 1. The molecular formula is C17H11F3N2O3S. The number of nitrogens with one attached hydrogen (secondary N) is 1. The van der Waals surface area contributed by atoms with E-state index in [-0.39, 0.29) is 22.2 Å². The van der Waals surface area contributed by atoms with Crippen LogP contribution in [0.1, 0.15) is 15.9 Å². The van der Waals surface area contributed by atoms with Gasteiger partial charge in [-0.3, -0.25) is 4.79 Å². The highest BCUT2D eigenvalue weighted by Gasteiger charge is 2.29. The number of rotatable bonds is 5. The van der Waals surface area contributed by atoms with Crippen LogP contribution in [0.2, 0.25) is 0 Å². The quantitative estimate of drug-likeness (QED) is 0.627. The van der Waals surface area contributed by atoms with E-state index in [2.05, 4.69) is 5.32 Å². The lowest BCUT2D eigenvalue weighted by molar-refractivity contribution is -0.119. The predicted octanol–water partition coefficient (Wildman–Crippen LogP) is 3.97. The first kappa shape index (κ1) is 19.3. The first-order valence-corrected chi connectivity index (χ1v) is 7.91. The molecule has 9 heteroatoms. The van der Waals surface area contributed by atoms with Crippen LogP contribution in [0.3, 0.4) is 0 Å². The van der Waals surface area contributed by atoms with E-state index in [1.165, 1.54) is 18.2 Å². The summed E-state index contributed by atoms with van der Waals surface area (Å²) < 4.78 is 41.6. The Hall–Kier alpha value is -2.99. The molecule has 0 radical (unpaired) electrons. The Balaban J connectivity index is 1.87. The first-order valence-electron chi connectivity index (χ1n) is 7.10. The highest BCUT2D eigenvalue weighted by atomic mass is 32.2. The fourth-order valence-electron chi connectivity index (χ4n) is 1.87. The highest BCUT2D eigenvalue weighted by Crippen LogP contribution is 2.36. The normalized spacial score (nSPS) is 10.7. The van der Waals surface area contributed by atoms with Gasteiger partial charge in [-0.25, -0.2) is 4.79 Å². The third kappa shape index (κ3) is 6.14. The van der Waals surface area contributed by atoms with Crippen molar-refractivity contribution in [2.45, 2.75) is 10.4 Å². The molecule has 1 N–H and O–H groups in total. The van der Waals surface area contributed by atoms with E-state index in [1.54, 1.807) is 18.2 Å². The number of hydrogen-bond acceptors (Lipinski definition) is 5. The Morgan fingerprint density at radius 3 is 2.46 bits per heavy atom. The molecule has 0 spiro atoms. The average Bonchev–Trinajstić information content (AvgIpc) is 2.59. The van der Waals surface area contributed by atoms with Gasteiger partial charge in [-0.05, 0) is 54.2 Å². The molecule has 0 unspecified atom stereocenters. The predicted molar refractivity (Wildman–Crippen MR) is 88.4 cm³/mol. The lowest BCUT2D eigenvalue weighted by Gasteiger charge is -2.08. The van der Waals surface area contributed by atoms with Gasteiger partial charge in [-0.15, -0.1) is 0 Å². The summed E-state index contributed by atoms with van der Waals surface area (Å²) in [6.07, 6.45) is 0. The van der Waals surface area contributed by atoms with Gasteiger partial charge in [0, 0.05) is 10.6 Å². The van der Waals surface area contributed by atoms with E-state index in [0.29, 0.717) is 11.3 Å². The van der Waals surface area contributed by atoms with Crippen LogP contribution in [-0.4, -0.2) is 24.0 Å². The molecule has 134 valence electrons. The smallest absolute Gasteiger partial charge is 0.446 e. The van der Waals surface area contributed by atoms with Gasteiger partial charge in [0.25, 0.3) is 5.91 Å². The lowest BCUT2D eigenvalue weighted by atomic mass is 10.2. The molecule has 2 aromatic carbocycles. The monoisotopic (exact) mass is 380 g/mol. The number of benzene rings is 2. The zero-order valence-corrected chi connectivity index (χ0v) is 13.9. The van der Waals surface area contributed by atoms with Crippen molar-refractivity contribution in [3.63, 3.8) is 0 Å². The third-order valence-corrected chi connectivity index (χ3v) is 3.67. The number of alkyl halides is 3. The molecule has 2 rings (SSSR count).